The first-order chi connectivity index (χ1) is 7.15. The Kier molecular flexibility index (Phi) is 2.53. The molecule has 1 aliphatic rings. The summed E-state index contributed by atoms with van der Waals surface area (Å²) in [4.78, 5) is 11.3. The lowest BCUT2D eigenvalue weighted by Crippen LogP contribution is -2.08. The zero-order valence-corrected chi connectivity index (χ0v) is 8.78. The van der Waals surface area contributed by atoms with Gasteiger partial charge in [-0.3, -0.25) is 10.1 Å². The van der Waals surface area contributed by atoms with Gasteiger partial charge in [-0.1, -0.05) is 10.7 Å². The molecule has 1 aromatic heterocycles. The first-order valence-electron chi connectivity index (χ1n) is 4.94. The minimum Gasteiger partial charge on any atom is -0.408 e. The van der Waals surface area contributed by atoms with Crippen molar-refractivity contribution >= 4 is 11.9 Å². The number of hydrogen-bond donors (Lipinski definition) is 1. The summed E-state index contributed by atoms with van der Waals surface area (Å²) in [6, 6.07) is 0.180. The van der Waals surface area contributed by atoms with Gasteiger partial charge in [-0.05, 0) is 26.7 Å². The van der Waals surface area contributed by atoms with Crippen molar-refractivity contribution in [1.29, 1.82) is 0 Å². The molecule has 1 heterocycles. The first kappa shape index (κ1) is 9.89. The van der Waals surface area contributed by atoms with Crippen LogP contribution in [0.15, 0.2) is 16.1 Å². The fourth-order valence-corrected chi connectivity index (χ4v) is 1.18. The van der Waals surface area contributed by atoms with Crippen LogP contribution in [0.1, 0.15) is 38.5 Å². The number of allylic oxidation sites excluding steroid dienone is 1. The average Bonchev–Trinajstić information content (AvgIpc) is 2.87. The van der Waals surface area contributed by atoms with Gasteiger partial charge in [0.05, 0.1) is 0 Å². The molecule has 0 aliphatic heterocycles. The van der Waals surface area contributed by atoms with Crippen molar-refractivity contribution in [2.45, 2.75) is 32.6 Å². The maximum Gasteiger partial charge on any atom is 0.322 e. The van der Waals surface area contributed by atoms with Gasteiger partial charge in [-0.2, -0.15) is 0 Å². The van der Waals surface area contributed by atoms with Crippen LogP contribution in [0.25, 0.3) is 0 Å². The highest BCUT2D eigenvalue weighted by atomic mass is 16.4. The molecule has 1 amide bonds. The molecule has 0 spiro atoms. The van der Waals surface area contributed by atoms with Crippen LogP contribution >= 0.6 is 0 Å². The highest BCUT2D eigenvalue weighted by molar-refractivity contribution is 5.98. The molecule has 0 radical (unpaired) electrons. The Balaban J connectivity index is 1.98. The number of carbonyl (C=O) groups is 1. The zero-order valence-electron chi connectivity index (χ0n) is 8.78. The number of anilines is 1. The Hall–Kier alpha value is -1.65. The van der Waals surface area contributed by atoms with E-state index in [0.29, 0.717) is 11.8 Å². The molecular formula is C10H13N3O2. The van der Waals surface area contributed by atoms with E-state index in [1.807, 2.05) is 13.8 Å². The summed E-state index contributed by atoms with van der Waals surface area (Å²) >= 11 is 0. The minimum absolute atomic E-state index is 0.180. The maximum atomic E-state index is 11.3. The average molecular weight is 207 g/mol. The summed E-state index contributed by atoms with van der Waals surface area (Å²) in [6.07, 6.45) is 3.69. The first-order valence-corrected chi connectivity index (χ1v) is 4.94. The molecule has 0 bridgehead atoms. The summed E-state index contributed by atoms with van der Waals surface area (Å²) in [5, 5.41) is 10.1. The molecular weight excluding hydrogens is 194 g/mol. The number of carbonyl (C=O) groups excluding carboxylic acids is 1. The Morgan fingerprint density at radius 1 is 1.47 bits per heavy atom. The van der Waals surface area contributed by atoms with Gasteiger partial charge in [0.25, 0.3) is 5.91 Å². The van der Waals surface area contributed by atoms with Gasteiger partial charge in [0, 0.05) is 12.0 Å². The van der Waals surface area contributed by atoms with Gasteiger partial charge in [0.15, 0.2) is 0 Å². The van der Waals surface area contributed by atoms with Gasteiger partial charge in [-0.25, -0.2) is 0 Å². The Bertz CT molecular complexity index is 401. The molecule has 1 fully saturated rings. The highest BCUT2D eigenvalue weighted by Gasteiger charge is 2.29. The molecule has 1 aromatic rings. The number of nitrogens with one attached hydrogen (secondary N) is 1. The third-order valence-corrected chi connectivity index (χ3v) is 2.02. The second kappa shape index (κ2) is 3.84. The molecule has 5 nitrogen and oxygen atoms in total. The van der Waals surface area contributed by atoms with Crippen molar-refractivity contribution in [3.05, 3.63) is 17.5 Å². The molecule has 5 heteroatoms. The van der Waals surface area contributed by atoms with Crippen LogP contribution in [0.3, 0.4) is 0 Å². The molecule has 0 unspecified atom stereocenters. The van der Waals surface area contributed by atoms with Crippen LogP contribution in [-0.2, 0) is 4.79 Å². The smallest absolute Gasteiger partial charge is 0.322 e. The Labute approximate surface area is 87.6 Å². The molecule has 0 atom stereocenters. The van der Waals surface area contributed by atoms with Crippen LogP contribution in [0, 0.1) is 0 Å². The molecule has 2 rings (SSSR count). The zero-order chi connectivity index (χ0) is 10.8. The predicted molar refractivity (Wildman–Crippen MR) is 54.3 cm³/mol. The normalized spacial score (nSPS) is 14.8. The Morgan fingerprint density at radius 3 is 2.80 bits per heavy atom. The van der Waals surface area contributed by atoms with Crippen molar-refractivity contribution in [3.8, 4) is 0 Å². The molecule has 80 valence electrons. The standard InChI is InChI=1S/C10H13N3O2/c1-6(2)5-8(14)11-10-13-12-9(15-10)7-3-4-7/h5,7H,3-4H2,1-2H3,(H,11,13,14). The number of aromatic nitrogens is 2. The molecule has 0 saturated heterocycles. The van der Waals surface area contributed by atoms with Crippen LogP contribution in [0.2, 0.25) is 0 Å². The monoisotopic (exact) mass is 207 g/mol. The van der Waals surface area contributed by atoms with E-state index in [9.17, 15) is 4.79 Å². The van der Waals surface area contributed by atoms with Crippen molar-refractivity contribution in [1.82, 2.24) is 10.2 Å². The third kappa shape index (κ3) is 2.65. The van der Waals surface area contributed by atoms with Crippen molar-refractivity contribution in [2.24, 2.45) is 0 Å². The van der Waals surface area contributed by atoms with Crippen molar-refractivity contribution < 1.29 is 9.21 Å². The van der Waals surface area contributed by atoms with Crippen LogP contribution in [0.5, 0.6) is 0 Å². The molecule has 1 aliphatic carbocycles. The van der Waals surface area contributed by atoms with E-state index < -0.39 is 0 Å². The topological polar surface area (TPSA) is 68.0 Å². The summed E-state index contributed by atoms with van der Waals surface area (Å²) in [5.74, 6) is 0.801. The summed E-state index contributed by atoms with van der Waals surface area (Å²) in [5.41, 5.74) is 0.925. The van der Waals surface area contributed by atoms with Gasteiger partial charge in [0.2, 0.25) is 5.89 Å². The lowest BCUT2D eigenvalue weighted by molar-refractivity contribution is -0.112. The Morgan fingerprint density at radius 2 is 2.20 bits per heavy atom. The van der Waals surface area contributed by atoms with E-state index in [1.165, 1.54) is 6.08 Å². The second-order valence-corrected chi connectivity index (χ2v) is 3.93. The van der Waals surface area contributed by atoms with Crippen molar-refractivity contribution in [2.75, 3.05) is 5.32 Å². The summed E-state index contributed by atoms with van der Waals surface area (Å²) in [6.45, 7) is 3.70. The number of rotatable bonds is 3. The quantitative estimate of drug-likeness (QED) is 0.768. The molecule has 1 N–H and O–H groups in total. The van der Waals surface area contributed by atoms with Gasteiger partial charge in [-0.15, -0.1) is 5.10 Å². The molecule has 15 heavy (non-hydrogen) atoms. The van der Waals surface area contributed by atoms with Gasteiger partial charge >= 0.3 is 6.01 Å². The van der Waals surface area contributed by atoms with Crippen LogP contribution in [0.4, 0.5) is 6.01 Å². The summed E-state index contributed by atoms with van der Waals surface area (Å²) in [7, 11) is 0. The lowest BCUT2D eigenvalue weighted by Gasteiger charge is -1.94. The number of nitrogens with zero attached hydrogens (tertiary/aromatic N) is 2. The third-order valence-electron chi connectivity index (χ3n) is 2.02. The largest absolute Gasteiger partial charge is 0.408 e. The molecule has 1 saturated carbocycles. The highest BCUT2D eigenvalue weighted by Crippen LogP contribution is 2.39. The SMILES string of the molecule is CC(C)=CC(=O)Nc1nnc(C2CC2)o1. The van der Waals surface area contributed by atoms with E-state index in [0.717, 1.165) is 18.4 Å². The van der Waals surface area contributed by atoms with E-state index >= 15 is 0 Å². The van der Waals surface area contributed by atoms with Crippen molar-refractivity contribution in [3.63, 3.8) is 0 Å². The second-order valence-electron chi connectivity index (χ2n) is 3.93. The van der Waals surface area contributed by atoms with Gasteiger partial charge in [0.1, 0.15) is 0 Å². The fourth-order valence-electron chi connectivity index (χ4n) is 1.18. The fraction of sp³-hybridized carbons (Fsp3) is 0.500. The van der Waals surface area contributed by atoms with Crippen LogP contribution < -0.4 is 5.32 Å². The lowest BCUT2D eigenvalue weighted by atomic mass is 10.3. The summed E-state index contributed by atoms with van der Waals surface area (Å²) < 4.78 is 5.28. The van der Waals surface area contributed by atoms with Crippen LogP contribution in [-0.4, -0.2) is 16.1 Å². The van der Waals surface area contributed by atoms with E-state index in [4.69, 9.17) is 4.42 Å². The van der Waals surface area contributed by atoms with E-state index in [-0.39, 0.29) is 11.9 Å². The van der Waals surface area contributed by atoms with E-state index in [1.54, 1.807) is 0 Å². The van der Waals surface area contributed by atoms with Gasteiger partial charge < -0.3 is 4.42 Å². The maximum absolute atomic E-state index is 11.3. The predicted octanol–water partition coefficient (Wildman–Crippen LogP) is 1.85. The van der Waals surface area contributed by atoms with E-state index in [2.05, 4.69) is 15.5 Å². The minimum atomic E-state index is -0.235. The molecule has 0 aromatic carbocycles. The number of amides is 1. The number of hydrogen-bond acceptors (Lipinski definition) is 4.